The van der Waals surface area contributed by atoms with Gasteiger partial charge in [0, 0.05) is 18.1 Å². The molecule has 2 rings (SSSR count). The molecule has 0 aromatic rings. The Hall–Kier alpha value is -0.553. The molecule has 0 amide bonds. The number of fused-ring (bicyclic) bond motifs is 1. The average Bonchev–Trinajstić information content (AvgIpc) is 2.63. The Morgan fingerprint density at radius 3 is 2.47 bits per heavy atom. The standard InChI is InChI=1S/C11H21N3O2Si/c1-17(2,3)16-11-5-9-7-15-6-8(9)4-10(11)13-14-12/h8-11H,4-7H2,1-3H3/t8-,9+,10+,11+/m0/s1. The Kier molecular flexibility index (Phi) is 3.78. The van der Waals surface area contributed by atoms with E-state index >= 15 is 0 Å². The van der Waals surface area contributed by atoms with Crippen molar-refractivity contribution in [2.75, 3.05) is 13.2 Å². The SMILES string of the molecule is C[Si](C)(C)O[C@@H]1C[C@@H]2COC[C@@H]2C[C@H]1N=[N+]=[N-]. The maximum atomic E-state index is 8.66. The predicted octanol–water partition coefficient (Wildman–Crippen LogP) is 2.94. The summed E-state index contributed by atoms with van der Waals surface area (Å²) in [6.07, 6.45) is 2.00. The van der Waals surface area contributed by atoms with E-state index in [1.54, 1.807) is 0 Å². The molecular formula is C11H21N3O2Si. The molecule has 0 N–H and O–H groups in total. The first kappa shape index (κ1) is 12.9. The molecule has 2 aliphatic rings. The lowest BCUT2D eigenvalue weighted by Crippen LogP contribution is -2.44. The lowest BCUT2D eigenvalue weighted by atomic mass is 9.78. The summed E-state index contributed by atoms with van der Waals surface area (Å²) in [7, 11) is -1.58. The minimum Gasteiger partial charge on any atom is -0.414 e. The van der Waals surface area contributed by atoms with E-state index in [9.17, 15) is 0 Å². The van der Waals surface area contributed by atoms with Crippen LogP contribution in [0.5, 0.6) is 0 Å². The number of azide groups is 1. The Bertz CT molecular complexity index is 325. The van der Waals surface area contributed by atoms with Crippen LogP contribution in [0.3, 0.4) is 0 Å². The van der Waals surface area contributed by atoms with Gasteiger partial charge in [-0.3, -0.25) is 0 Å². The zero-order chi connectivity index (χ0) is 12.5. The van der Waals surface area contributed by atoms with Crippen molar-refractivity contribution in [3.63, 3.8) is 0 Å². The number of hydrogen-bond donors (Lipinski definition) is 0. The molecule has 0 radical (unpaired) electrons. The largest absolute Gasteiger partial charge is 0.414 e. The predicted molar refractivity (Wildman–Crippen MR) is 68.2 cm³/mol. The highest BCUT2D eigenvalue weighted by Gasteiger charge is 2.41. The van der Waals surface area contributed by atoms with Crippen LogP contribution in [-0.2, 0) is 9.16 Å². The second kappa shape index (κ2) is 4.98. The van der Waals surface area contributed by atoms with Crippen LogP contribution in [0.15, 0.2) is 5.11 Å². The molecular weight excluding hydrogens is 234 g/mol. The summed E-state index contributed by atoms with van der Waals surface area (Å²) >= 11 is 0. The number of nitrogens with zero attached hydrogens (tertiary/aromatic N) is 3. The molecule has 0 unspecified atom stereocenters. The summed E-state index contributed by atoms with van der Waals surface area (Å²) in [5.41, 5.74) is 8.66. The molecule has 1 heterocycles. The topological polar surface area (TPSA) is 67.2 Å². The molecule has 1 aliphatic carbocycles. The summed E-state index contributed by atoms with van der Waals surface area (Å²) in [6.45, 7) is 8.20. The van der Waals surface area contributed by atoms with Gasteiger partial charge in [-0.25, -0.2) is 0 Å². The van der Waals surface area contributed by atoms with Crippen LogP contribution in [0.4, 0.5) is 0 Å². The van der Waals surface area contributed by atoms with Gasteiger partial charge in [0.2, 0.25) is 0 Å². The third-order valence-electron chi connectivity index (χ3n) is 3.54. The molecule has 1 saturated carbocycles. The molecule has 0 aromatic heterocycles. The van der Waals surface area contributed by atoms with Gasteiger partial charge in [-0.1, -0.05) is 5.11 Å². The summed E-state index contributed by atoms with van der Waals surface area (Å²) in [5, 5.41) is 3.93. The summed E-state index contributed by atoms with van der Waals surface area (Å²) < 4.78 is 11.7. The number of hydrogen-bond acceptors (Lipinski definition) is 3. The van der Waals surface area contributed by atoms with E-state index in [4.69, 9.17) is 14.7 Å². The van der Waals surface area contributed by atoms with E-state index in [0.29, 0.717) is 11.8 Å². The highest BCUT2D eigenvalue weighted by Crippen LogP contribution is 2.38. The molecule has 2 fully saturated rings. The molecule has 5 nitrogen and oxygen atoms in total. The van der Waals surface area contributed by atoms with Gasteiger partial charge in [0.1, 0.15) is 0 Å². The van der Waals surface area contributed by atoms with E-state index in [1.807, 2.05) is 0 Å². The first-order valence-electron chi connectivity index (χ1n) is 6.29. The van der Waals surface area contributed by atoms with Crippen LogP contribution in [0.25, 0.3) is 10.4 Å². The van der Waals surface area contributed by atoms with E-state index in [2.05, 4.69) is 29.7 Å². The van der Waals surface area contributed by atoms with Crippen molar-refractivity contribution >= 4 is 8.32 Å². The molecule has 17 heavy (non-hydrogen) atoms. The molecule has 4 atom stereocenters. The Morgan fingerprint density at radius 2 is 1.88 bits per heavy atom. The number of rotatable bonds is 3. The number of ether oxygens (including phenoxy) is 1. The van der Waals surface area contributed by atoms with Crippen LogP contribution in [-0.4, -0.2) is 33.7 Å². The third kappa shape index (κ3) is 3.22. The molecule has 0 aromatic carbocycles. The average molecular weight is 255 g/mol. The van der Waals surface area contributed by atoms with E-state index < -0.39 is 8.32 Å². The minimum atomic E-state index is -1.58. The van der Waals surface area contributed by atoms with Crippen molar-refractivity contribution in [3.8, 4) is 0 Å². The van der Waals surface area contributed by atoms with Crippen molar-refractivity contribution < 1.29 is 9.16 Å². The second-order valence-electron chi connectivity index (χ2n) is 6.07. The zero-order valence-electron chi connectivity index (χ0n) is 10.8. The van der Waals surface area contributed by atoms with Gasteiger partial charge in [0.05, 0.1) is 12.1 Å². The first-order valence-corrected chi connectivity index (χ1v) is 9.70. The molecule has 96 valence electrons. The Labute approximate surface area is 103 Å². The van der Waals surface area contributed by atoms with Gasteiger partial charge in [-0.05, 0) is 49.8 Å². The van der Waals surface area contributed by atoms with Gasteiger partial charge in [-0.15, -0.1) is 0 Å². The first-order chi connectivity index (χ1) is 7.99. The zero-order valence-corrected chi connectivity index (χ0v) is 11.8. The van der Waals surface area contributed by atoms with Crippen molar-refractivity contribution in [2.45, 2.75) is 44.6 Å². The van der Waals surface area contributed by atoms with Crippen LogP contribution in [0.2, 0.25) is 19.6 Å². The van der Waals surface area contributed by atoms with Crippen molar-refractivity contribution in [1.29, 1.82) is 0 Å². The Balaban J connectivity index is 2.07. The lowest BCUT2D eigenvalue weighted by Gasteiger charge is -2.38. The summed E-state index contributed by atoms with van der Waals surface area (Å²) in [4.78, 5) is 2.97. The van der Waals surface area contributed by atoms with Gasteiger partial charge in [0.25, 0.3) is 0 Å². The Morgan fingerprint density at radius 1 is 1.24 bits per heavy atom. The van der Waals surface area contributed by atoms with Gasteiger partial charge in [-0.2, -0.15) is 0 Å². The van der Waals surface area contributed by atoms with Crippen molar-refractivity contribution in [1.82, 2.24) is 0 Å². The van der Waals surface area contributed by atoms with E-state index in [-0.39, 0.29) is 12.1 Å². The fraction of sp³-hybridized carbons (Fsp3) is 1.00. The maximum absolute atomic E-state index is 8.66. The lowest BCUT2D eigenvalue weighted by molar-refractivity contribution is 0.0803. The van der Waals surface area contributed by atoms with Crippen molar-refractivity contribution in [3.05, 3.63) is 10.4 Å². The van der Waals surface area contributed by atoms with Crippen LogP contribution in [0, 0.1) is 11.8 Å². The molecule has 1 aliphatic heterocycles. The van der Waals surface area contributed by atoms with Gasteiger partial charge in [0.15, 0.2) is 8.32 Å². The summed E-state index contributed by atoms with van der Waals surface area (Å²) in [6, 6.07) is -0.00493. The molecule has 0 spiro atoms. The highest BCUT2D eigenvalue weighted by atomic mass is 28.4. The highest BCUT2D eigenvalue weighted by molar-refractivity contribution is 6.69. The summed E-state index contributed by atoms with van der Waals surface area (Å²) in [5.74, 6) is 1.16. The molecule has 6 heteroatoms. The van der Waals surface area contributed by atoms with E-state index in [1.165, 1.54) is 0 Å². The third-order valence-corrected chi connectivity index (χ3v) is 4.55. The normalized spacial score (nSPS) is 37.4. The smallest absolute Gasteiger partial charge is 0.184 e. The van der Waals surface area contributed by atoms with Crippen LogP contribution in [0.1, 0.15) is 12.8 Å². The van der Waals surface area contributed by atoms with Crippen LogP contribution < -0.4 is 0 Å². The fourth-order valence-electron chi connectivity index (χ4n) is 2.85. The monoisotopic (exact) mass is 255 g/mol. The quantitative estimate of drug-likeness (QED) is 0.337. The maximum Gasteiger partial charge on any atom is 0.184 e. The van der Waals surface area contributed by atoms with Crippen LogP contribution >= 0.6 is 0 Å². The van der Waals surface area contributed by atoms with E-state index in [0.717, 1.165) is 26.1 Å². The van der Waals surface area contributed by atoms with Crippen molar-refractivity contribution in [2.24, 2.45) is 17.0 Å². The second-order valence-corrected chi connectivity index (χ2v) is 10.5. The minimum absolute atomic E-state index is 0.00493. The van der Waals surface area contributed by atoms with Gasteiger partial charge < -0.3 is 9.16 Å². The molecule has 1 saturated heterocycles. The molecule has 0 bridgehead atoms. The fourth-order valence-corrected chi connectivity index (χ4v) is 4.01. The van der Waals surface area contributed by atoms with Gasteiger partial charge >= 0.3 is 0 Å².